The zero-order valence-corrected chi connectivity index (χ0v) is 13.2. The third-order valence-electron chi connectivity index (χ3n) is 4.55. The van der Waals surface area contributed by atoms with E-state index in [1.54, 1.807) is 0 Å². The molecule has 0 aliphatic carbocycles. The number of aromatic nitrogens is 2. The molecule has 130 valence electrons. The average molecular weight is 347 g/mol. The number of halogens is 3. The monoisotopic (exact) mass is 347 g/mol. The maximum absolute atomic E-state index is 12.8. The van der Waals surface area contributed by atoms with Crippen molar-refractivity contribution < 1.29 is 18.3 Å². The number of fused-ring (bicyclic) bond motifs is 1. The largest absolute Gasteiger partial charge is 0.416 e. The summed E-state index contributed by atoms with van der Waals surface area (Å²) in [5, 5.41) is 10.1. The van der Waals surface area contributed by atoms with Crippen molar-refractivity contribution in [3.63, 3.8) is 0 Å². The highest BCUT2D eigenvalue weighted by atomic mass is 19.4. The van der Waals surface area contributed by atoms with E-state index in [2.05, 4.69) is 9.97 Å². The number of H-pyrrole nitrogens is 1. The molecule has 3 aromatic rings. The number of aromatic amines is 1. The number of benzene rings is 2. The molecule has 4 rings (SSSR count). The molecule has 0 radical (unpaired) electrons. The second-order valence-electron chi connectivity index (χ2n) is 6.26. The van der Waals surface area contributed by atoms with Gasteiger partial charge in [-0.2, -0.15) is 13.2 Å². The number of nitrogens with one attached hydrogen (secondary N) is 1. The number of rotatable bonds is 2. The zero-order valence-electron chi connectivity index (χ0n) is 13.2. The van der Waals surface area contributed by atoms with E-state index in [9.17, 15) is 18.3 Å². The van der Waals surface area contributed by atoms with E-state index in [4.69, 9.17) is 0 Å². The first kappa shape index (κ1) is 16.0. The van der Waals surface area contributed by atoms with Gasteiger partial charge in [0.1, 0.15) is 0 Å². The minimum Gasteiger partial charge on any atom is -0.391 e. The van der Waals surface area contributed by atoms with Gasteiger partial charge in [0.15, 0.2) is 0 Å². The van der Waals surface area contributed by atoms with Gasteiger partial charge in [-0.15, -0.1) is 0 Å². The molecule has 2 aromatic carbocycles. The Morgan fingerprint density at radius 1 is 1.08 bits per heavy atom. The number of hydrogen-bond acceptors (Lipinski definition) is 3. The first-order valence-electron chi connectivity index (χ1n) is 7.98. The maximum Gasteiger partial charge on any atom is 0.416 e. The fourth-order valence-electron chi connectivity index (χ4n) is 3.33. The normalized spacial score (nSPS) is 21.2. The van der Waals surface area contributed by atoms with Crippen LogP contribution in [0.4, 0.5) is 19.1 Å². The molecule has 2 atom stereocenters. The third-order valence-corrected chi connectivity index (χ3v) is 4.55. The highest BCUT2D eigenvalue weighted by Crippen LogP contribution is 2.37. The Morgan fingerprint density at radius 3 is 2.48 bits per heavy atom. The Morgan fingerprint density at radius 2 is 1.80 bits per heavy atom. The van der Waals surface area contributed by atoms with Gasteiger partial charge in [-0.3, -0.25) is 0 Å². The molecular weight excluding hydrogens is 331 g/mol. The van der Waals surface area contributed by atoms with Crippen LogP contribution >= 0.6 is 0 Å². The third kappa shape index (κ3) is 2.95. The lowest BCUT2D eigenvalue weighted by Gasteiger charge is -2.24. The van der Waals surface area contributed by atoms with E-state index in [-0.39, 0.29) is 6.04 Å². The van der Waals surface area contributed by atoms with Crippen LogP contribution in [-0.4, -0.2) is 27.7 Å². The molecule has 25 heavy (non-hydrogen) atoms. The molecule has 0 spiro atoms. The molecule has 2 unspecified atom stereocenters. The minimum atomic E-state index is -4.36. The van der Waals surface area contributed by atoms with Gasteiger partial charge in [-0.05, 0) is 36.2 Å². The van der Waals surface area contributed by atoms with Crippen LogP contribution < -0.4 is 4.90 Å². The maximum atomic E-state index is 12.8. The van der Waals surface area contributed by atoms with Gasteiger partial charge < -0.3 is 15.0 Å². The summed E-state index contributed by atoms with van der Waals surface area (Å²) in [5.41, 5.74) is 1.74. The molecule has 2 N–H and O–H groups in total. The van der Waals surface area contributed by atoms with Crippen LogP contribution in [0.1, 0.15) is 23.6 Å². The summed E-state index contributed by atoms with van der Waals surface area (Å²) in [6.45, 7) is 0.380. The van der Waals surface area contributed by atoms with Gasteiger partial charge in [0.2, 0.25) is 5.95 Å². The number of β-amino-alcohol motifs (C(OH)–C–C–N with tert-alkyl or cyclic N) is 1. The quantitative estimate of drug-likeness (QED) is 0.739. The predicted octanol–water partition coefficient (Wildman–Crippen LogP) is 3.89. The number of aliphatic hydroxyl groups is 1. The second kappa shape index (κ2) is 5.77. The van der Waals surface area contributed by atoms with Crippen molar-refractivity contribution in [2.45, 2.75) is 24.7 Å². The van der Waals surface area contributed by atoms with Crippen LogP contribution in [0, 0.1) is 0 Å². The van der Waals surface area contributed by atoms with Gasteiger partial charge in [-0.25, -0.2) is 4.98 Å². The van der Waals surface area contributed by atoms with E-state index in [1.165, 1.54) is 12.1 Å². The SMILES string of the molecule is OC1CC(c2ccc(C(F)(F)F)cc2)N(c2nc3ccccc3[nH]2)C1. The van der Waals surface area contributed by atoms with E-state index >= 15 is 0 Å². The Kier molecular flexibility index (Phi) is 3.68. The van der Waals surface area contributed by atoms with Crippen LogP contribution in [0.5, 0.6) is 0 Å². The Labute approximate surface area is 141 Å². The first-order valence-corrected chi connectivity index (χ1v) is 7.98. The number of imidazole rings is 1. The Hall–Kier alpha value is -2.54. The van der Waals surface area contributed by atoms with Crippen molar-refractivity contribution >= 4 is 17.0 Å². The van der Waals surface area contributed by atoms with Crippen molar-refractivity contribution in [2.24, 2.45) is 0 Å². The standard InChI is InChI=1S/C18H16F3N3O/c19-18(20,21)12-7-5-11(6-8-12)16-9-13(25)10-24(16)17-22-14-3-1-2-4-15(14)23-17/h1-8,13,16,25H,9-10H2,(H,22,23). The summed E-state index contributed by atoms with van der Waals surface area (Å²) in [6.07, 6.45) is -4.46. The first-order chi connectivity index (χ1) is 11.9. The number of hydrogen-bond donors (Lipinski definition) is 2. The van der Waals surface area contributed by atoms with Crippen LogP contribution in [0.3, 0.4) is 0 Å². The predicted molar refractivity (Wildman–Crippen MR) is 88.2 cm³/mol. The zero-order chi connectivity index (χ0) is 17.6. The van der Waals surface area contributed by atoms with Gasteiger partial charge in [0.25, 0.3) is 0 Å². The number of anilines is 1. The topological polar surface area (TPSA) is 52.1 Å². The molecule has 1 saturated heterocycles. The summed E-state index contributed by atoms with van der Waals surface area (Å²) in [5.74, 6) is 0.614. The summed E-state index contributed by atoms with van der Waals surface area (Å²) in [7, 11) is 0. The highest BCUT2D eigenvalue weighted by molar-refractivity contribution is 5.77. The van der Waals surface area contributed by atoms with Crippen LogP contribution in [0.15, 0.2) is 48.5 Å². The highest BCUT2D eigenvalue weighted by Gasteiger charge is 2.35. The number of para-hydroxylation sites is 2. The Balaban J connectivity index is 1.67. The molecule has 1 aliphatic rings. The molecule has 4 nitrogen and oxygen atoms in total. The molecular formula is C18H16F3N3O. The van der Waals surface area contributed by atoms with Crippen molar-refractivity contribution in [3.8, 4) is 0 Å². The summed E-state index contributed by atoms with van der Waals surface area (Å²) < 4.78 is 38.3. The molecule has 2 heterocycles. The van der Waals surface area contributed by atoms with Crippen LogP contribution in [-0.2, 0) is 6.18 Å². The minimum absolute atomic E-state index is 0.224. The second-order valence-corrected chi connectivity index (χ2v) is 6.26. The van der Waals surface area contributed by atoms with Gasteiger partial charge >= 0.3 is 6.18 Å². The molecule has 1 aromatic heterocycles. The fraction of sp³-hybridized carbons (Fsp3) is 0.278. The van der Waals surface area contributed by atoms with E-state index in [0.29, 0.717) is 18.9 Å². The fourth-order valence-corrected chi connectivity index (χ4v) is 3.33. The number of aliphatic hydroxyl groups excluding tert-OH is 1. The smallest absolute Gasteiger partial charge is 0.391 e. The lowest BCUT2D eigenvalue weighted by Crippen LogP contribution is -2.25. The van der Waals surface area contributed by atoms with Crippen molar-refractivity contribution in [3.05, 3.63) is 59.7 Å². The average Bonchev–Trinajstić information content (AvgIpc) is 3.17. The van der Waals surface area contributed by atoms with Crippen LogP contribution in [0.25, 0.3) is 11.0 Å². The van der Waals surface area contributed by atoms with Crippen molar-refractivity contribution in [2.75, 3.05) is 11.4 Å². The lowest BCUT2D eigenvalue weighted by molar-refractivity contribution is -0.137. The van der Waals surface area contributed by atoms with E-state index in [0.717, 1.165) is 28.7 Å². The summed E-state index contributed by atoms with van der Waals surface area (Å²) in [4.78, 5) is 9.67. The molecule has 0 bridgehead atoms. The van der Waals surface area contributed by atoms with Gasteiger partial charge in [0.05, 0.1) is 28.7 Å². The number of nitrogens with zero attached hydrogens (tertiary/aromatic N) is 2. The summed E-state index contributed by atoms with van der Waals surface area (Å²) in [6, 6.07) is 12.5. The molecule has 1 aliphatic heterocycles. The molecule has 0 amide bonds. The van der Waals surface area contributed by atoms with E-state index < -0.39 is 17.8 Å². The van der Waals surface area contributed by atoms with Crippen molar-refractivity contribution in [1.82, 2.24) is 9.97 Å². The molecule has 1 fully saturated rings. The van der Waals surface area contributed by atoms with Gasteiger partial charge in [0, 0.05) is 6.54 Å². The number of alkyl halides is 3. The molecule has 7 heteroatoms. The molecule has 0 saturated carbocycles. The van der Waals surface area contributed by atoms with Gasteiger partial charge in [-0.1, -0.05) is 24.3 Å². The lowest BCUT2D eigenvalue weighted by atomic mass is 10.0. The van der Waals surface area contributed by atoms with Crippen LogP contribution in [0.2, 0.25) is 0 Å². The Bertz CT molecular complexity index is 855. The van der Waals surface area contributed by atoms with E-state index in [1.807, 2.05) is 29.2 Å². The summed E-state index contributed by atoms with van der Waals surface area (Å²) >= 11 is 0. The van der Waals surface area contributed by atoms with Crippen molar-refractivity contribution in [1.29, 1.82) is 0 Å².